The van der Waals surface area contributed by atoms with Crippen molar-refractivity contribution in [1.29, 1.82) is 5.26 Å². The van der Waals surface area contributed by atoms with Crippen LogP contribution in [0.2, 0.25) is 0 Å². The molecule has 11 atom stereocenters. The van der Waals surface area contributed by atoms with Crippen LogP contribution in [0.4, 0.5) is 31.5 Å². The summed E-state index contributed by atoms with van der Waals surface area (Å²) in [5.74, 6) is -15.0. The molecule has 14 rings (SSSR count). The third-order valence-electron chi connectivity index (χ3n) is 25.9. The average Bonchev–Trinajstić information content (AvgIpc) is 1.66. The van der Waals surface area contributed by atoms with Crippen LogP contribution in [0.3, 0.4) is 0 Å². The minimum atomic E-state index is -2.35. The summed E-state index contributed by atoms with van der Waals surface area (Å²) in [4.78, 5) is 155. The van der Waals surface area contributed by atoms with Gasteiger partial charge in [-0.3, -0.25) is 62.6 Å². The van der Waals surface area contributed by atoms with Crippen LogP contribution in [-0.4, -0.2) is 283 Å². The number of carbonyl (C=O) groups is 12. The summed E-state index contributed by atoms with van der Waals surface area (Å²) in [5.41, 5.74) is 4.41. The van der Waals surface area contributed by atoms with E-state index in [-0.39, 0.29) is 149 Å². The molecule has 39 heteroatoms. The monoisotopic (exact) mass is 2090 g/mol. The number of benzene rings is 6. The number of nitrogens with one attached hydrogen (secondary N) is 1. The van der Waals surface area contributed by atoms with Crippen LogP contribution in [0.1, 0.15) is 273 Å². The van der Waals surface area contributed by atoms with E-state index >= 15 is 0 Å². The van der Waals surface area contributed by atoms with E-state index in [1.165, 1.54) is 21.6 Å². The van der Waals surface area contributed by atoms with Crippen molar-refractivity contribution >= 4 is 79.9 Å². The Morgan fingerprint density at radius 3 is 1.11 bits per heavy atom. The number of hydrogen-bond donors (Lipinski definition) is 6. The van der Waals surface area contributed by atoms with Gasteiger partial charge in [-0.05, 0) is 152 Å². The van der Waals surface area contributed by atoms with E-state index in [0.29, 0.717) is 163 Å². The summed E-state index contributed by atoms with van der Waals surface area (Å²) in [6, 6.07) is 41.8. The van der Waals surface area contributed by atoms with E-state index in [1.807, 2.05) is 93.3 Å². The van der Waals surface area contributed by atoms with Crippen molar-refractivity contribution in [3.8, 4) is 11.8 Å². The van der Waals surface area contributed by atoms with Gasteiger partial charge >= 0.3 is 24.1 Å². The number of rotatable bonds is 37. The number of likely N-dealkylation sites (tertiary alicyclic amines) is 4. The normalized spacial score (nSPS) is 19.8. The van der Waals surface area contributed by atoms with Gasteiger partial charge in [-0.15, -0.1) is 0 Å². The van der Waals surface area contributed by atoms with E-state index < -0.39 is 85.6 Å². The molecule has 0 aromatic heterocycles. The molecule has 10 amide bonds. The largest absolute Gasteiger partial charge is 0.466 e. The number of hydrogen-bond acceptors (Lipinski definition) is 26. The highest BCUT2D eigenvalue weighted by Gasteiger charge is 2.43. The molecule has 0 spiro atoms. The molecule has 5 fully saturated rings. The van der Waals surface area contributed by atoms with Crippen molar-refractivity contribution in [2.24, 2.45) is 29.6 Å². The second-order valence-corrected chi connectivity index (χ2v) is 38.3. The number of aliphatic hydroxyl groups is 5. The Kier molecular flexibility index (Phi) is 54.7. The predicted molar refractivity (Wildman–Crippen MR) is 545 cm³/mol. The summed E-state index contributed by atoms with van der Waals surface area (Å²) in [7, 11) is -1.36. The average molecular weight is 2090 g/mol. The number of imide groups is 3. The van der Waals surface area contributed by atoms with Crippen LogP contribution in [0.15, 0.2) is 133 Å². The van der Waals surface area contributed by atoms with Crippen molar-refractivity contribution in [2.45, 2.75) is 255 Å². The van der Waals surface area contributed by atoms with Crippen LogP contribution < -0.4 is 10.1 Å². The minimum absolute atomic E-state index is 0. The number of aliphatic hydroxyl groups excluding tert-OH is 5. The van der Waals surface area contributed by atoms with Gasteiger partial charge in [-0.1, -0.05) is 165 Å². The van der Waals surface area contributed by atoms with Crippen LogP contribution >= 0.6 is 8.53 Å². The standard InChI is InChI=1S/C29H43N4O5P.C20H14F5NO4.C20H26N2O4.C14H19NO3.C13H17NO4.C6H13NO.C4H8O2.C2H6.CH4/c1-6-23-19-31(20-26(23)38-39(37-18-12-16-30)33(21(2)3)22(4)5)27(34)15-8-7-11-17-32-28(35)24-13-9-10-14-25(24)29(32)36;21-13-14(22)16(24)18(17(25)15(13)23)30-12(27)8-2-1-5-9-26-19(28)10-6-3-4-7-11(10)20(26)29;1-2-14-12-21(13-17(14)23)18(24)10-4-3-7-11-22-19(25)15-8-5-6-9-16(15)20(22)26;1-2-12-8-15(9-13(12)16)14(17)18-10-11-6-4-3-5-7-11;15-8-11-6-14(7-12(11)16)13(17)18-9-10-4-2-1-3-5-10;1-2-5-3-7-4-6(5)8;1-3-6-4(2)5;1-2;/h9-10,13-14,21-23,26H,6-8,11-12,15,17-20H2,1-5H3;3-4,6-7H,1-2,5,8-9H2;5-6,8-9,14,17,23H,2-4,7,10-13H2,1H3;3-7,12-13,16H,2,8-10H2,1H3;1-5,11-12,15-16H,6-9H2;5-8H,2-4H2,1H3;3H2,1-2H3;1-2H3;1H4. The quantitative estimate of drug-likeness (QED) is 0.00243. The fourth-order valence-corrected chi connectivity index (χ4v) is 19.4. The number of halogens is 5. The van der Waals surface area contributed by atoms with Crippen molar-refractivity contribution in [2.75, 3.05) is 105 Å². The lowest BCUT2D eigenvalue weighted by atomic mass is 10.0. The van der Waals surface area contributed by atoms with E-state index in [0.717, 1.165) is 74.1 Å². The third-order valence-corrected chi connectivity index (χ3v) is 28.1. The maximum Gasteiger partial charge on any atom is 0.410 e. The topological polar surface area (TPSA) is 423 Å². The zero-order chi connectivity index (χ0) is 108. The van der Waals surface area contributed by atoms with E-state index in [1.54, 1.807) is 89.5 Å². The highest BCUT2D eigenvalue weighted by atomic mass is 31.2. The van der Waals surface area contributed by atoms with Gasteiger partial charge in [0.25, 0.3) is 44.0 Å². The van der Waals surface area contributed by atoms with E-state index in [2.05, 4.69) is 67.1 Å². The van der Waals surface area contributed by atoms with Crippen molar-refractivity contribution in [3.05, 3.63) is 207 Å². The van der Waals surface area contributed by atoms with Crippen molar-refractivity contribution in [1.82, 2.24) is 44.3 Å². The Labute approximate surface area is 867 Å². The SMILES string of the molecule is C.CC.CCC1CN(C(=O)CCCCCN2C(=O)c3ccccc3C2=O)CC1O.CCC1CN(C(=O)CCCCCN2C(=O)c3ccccc3C2=O)CC1OP(OCCC#N)N(C(C)C)C(C)C.CCC1CN(C(=O)OCc2ccccc2)CC1O.CCC1CNCC1O.CCOC(C)=O.O=C(CCCCCN1C(=O)c2ccccc2C1=O)Oc1c(F)c(F)c(F)c(F)c1F.O=C(OCc1ccccc1)N1CC(O)C(CO)C1. The third kappa shape index (κ3) is 36.7. The molecule has 6 N–H and O–H groups in total. The molecule has 8 heterocycles. The summed E-state index contributed by atoms with van der Waals surface area (Å²) >= 11 is 0. The summed E-state index contributed by atoms with van der Waals surface area (Å²) in [6.45, 7) is 31.6. The second kappa shape index (κ2) is 64.7. The molecule has 148 heavy (non-hydrogen) atoms. The summed E-state index contributed by atoms with van der Waals surface area (Å²) in [5, 5.41) is 59.4. The van der Waals surface area contributed by atoms with E-state index in [9.17, 15) is 94.8 Å². The zero-order valence-corrected chi connectivity index (χ0v) is 87.2. The number of β-amino-alcohol motifs (C(OH)–C–C–N with tert-alkyl or cyclic N) is 4. The molecule has 11 unspecified atom stereocenters. The molecule has 814 valence electrons. The lowest BCUT2D eigenvalue weighted by molar-refractivity contribution is -0.140. The fraction of sp³-hybridized carbons (Fsp3) is 0.550. The first-order valence-electron chi connectivity index (χ1n) is 50.9. The number of nitrogens with zero attached hydrogens (tertiary/aromatic N) is 9. The molecular formula is C109H150F5N10O23P. The Hall–Kier alpha value is -11.6. The zero-order valence-electron chi connectivity index (χ0n) is 86.3. The summed E-state index contributed by atoms with van der Waals surface area (Å²) in [6.07, 6.45) is 7.31. The fourth-order valence-electron chi connectivity index (χ4n) is 17.6. The summed E-state index contributed by atoms with van der Waals surface area (Å²) < 4.78 is 100. The number of unbranched alkanes of at least 4 members (excludes halogenated alkanes) is 6. The van der Waals surface area contributed by atoms with Gasteiger partial charge < -0.3 is 78.4 Å². The van der Waals surface area contributed by atoms with Crippen LogP contribution in [-0.2, 0) is 55.6 Å². The number of amides is 10. The van der Waals surface area contributed by atoms with Gasteiger partial charge in [0.15, 0.2) is 0 Å². The molecule has 6 aromatic carbocycles. The molecule has 0 radical (unpaired) electrons. The maximum atomic E-state index is 13.5. The highest BCUT2D eigenvalue weighted by molar-refractivity contribution is 7.44. The second-order valence-electron chi connectivity index (χ2n) is 36.9. The Balaban J connectivity index is 0.000000277. The Morgan fingerprint density at radius 1 is 0.439 bits per heavy atom. The lowest BCUT2D eigenvalue weighted by Gasteiger charge is -2.37. The maximum absolute atomic E-state index is 13.5. The predicted octanol–water partition coefficient (Wildman–Crippen LogP) is 16.4. The van der Waals surface area contributed by atoms with Crippen LogP contribution in [0, 0.1) is 70.0 Å². The van der Waals surface area contributed by atoms with Gasteiger partial charge in [0.1, 0.15) is 13.2 Å². The van der Waals surface area contributed by atoms with Crippen molar-refractivity contribution in [3.63, 3.8) is 0 Å². The van der Waals surface area contributed by atoms with Gasteiger partial charge in [-0.25, -0.2) is 27.4 Å². The number of fused-ring (bicyclic) bond motifs is 3. The number of carbonyl (C=O) groups excluding carboxylic acids is 12. The van der Waals surface area contributed by atoms with Crippen LogP contribution in [0.25, 0.3) is 0 Å². The first kappa shape index (κ1) is 125. The van der Waals surface area contributed by atoms with Gasteiger partial charge in [0.05, 0.1) is 109 Å². The lowest BCUT2D eigenvalue weighted by Crippen LogP contribution is -2.36. The smallest absolute Gasteiger partial charge is 0.410 e. The van der Waals surface area contributed by atoms with Crippen LogP contribution in [0.5, 0.6) is 5.75 Å². The van der Waals surface area contributed by atoms with Crippen molar-refractivity contribution < 1.29 is 133 Å². The molecule has 0 saturated carbocycles. The molecule has 0 aliphatic carbocycles. The minimum Gasteiger partial charge on any atom is -0.466 e. The molecule has 0 bridgehead atoms. The number of ether oxygens (including phenoxy) is 4. The van der Waals surface area contributed by atoms with Gasteiger partial charge in [0.2, 0.25) is 46.6 Å². The molecular weight excluding hydrogens is 1940 g/mol. The first-order valence-corrected chi connectivity index (χ1v) is 52.1. The highest BCUT2D eigenvalue weighted by Crippen LogP contribution is 2.49. The number of nitriles is 1. The number of esters is 2. The molecule has 33 nitrogen and oxygen atoms in total. The molecule has 5 saturated heterocycles. The Bertz CT molecular complexity index is 5090. The molecule has 6 aromatic rings. The Morgan fingerprint density at radius 2 is 0.784 bits per heavy atom. The first-order chi connectivity index (χ1) is 70.5. The van der Waals surface area contributed by atoms with Gasteiger partial charge in [-0.2, -0.15) is 14.0 Å². The van der Waals surface area contributed by atoms with Gasteiger partial charge in [0, 0.05) is 134 Å². The molecule has 8 aliphatic rings. The van der Waals surface area contributed by atoms with E-state index in [4.69, 9.17) is 34.0 Å². The molecule has 8 aliphatic heterocycles.